The Hall–Kier alpha value is -2.71. The maximum atomic E-state index is 12.4. The fourth-order valence-electron chi connectivity index (χ4n) is 2.97. The molecule has 1 aliphatic heterocycles. The Bertz CT molecular complexity index is 809. The predicted octanol–water partition coefficient (Wildman–Crippen LogP) is 3.38. The van der Waals surface area contributed by atoms with Crippen molar-refractivity contribution < 1.29 is 4.79 Å². The van der Waals surface area contributed by atoms with Crippen LogP contribution < -0.4 is 11.1 Å². The Balaban J connectivity index is 2.14. The summed E-state index contributed by atoms with van der Waals surface area (Å²) >= 11 is 0. The van der Waals surface area contributed by atoms with Gasteiger partial charge in [-0.2, -0.15) is 5.26 Å². The van der Waals surface area contributed by atoms with Crippen molar-refractivity contribution in [3.05, 3.63) is 47.7 Å². The third-order valence-electron chi connectivity index (χ3n) is 4.46. The summed E-state index contributed by atoms with van der Waals surface area (Å²) in [5.74, 6) is -0.174. The van der Waals surface area contributed by atoms with Gasteiger partial charge in [0.2, 0.25) is 5.91 Å². The SMILES string of the molecule is C[C@@H]1CCC[C@H](N)c2cccc(c2)-c2ncc(C#N)cc2NC1=O. The smallest absolute Gasteiger partial charge is 0.227 e. The molecular formula is C19H20N4O. The lowest BCUT2D eigenvalue weighted by molar-refractivity contribution is -0.119. The number of benzene rings is 1. The molecule has 0 saturated carbocycles. The third kappa shape index (κ3) is 3.29. The Morgan fingerprint density at radius 2 is 2.17 bits per heavy atom. The number of hydrogen-bond acceptors (Lipinski definition) is 4. The van der Waals surface area contributed by atoms with Gasteiger partial charge in [0.05, 0.1) is 16.9 Å². The van der Waals surface area contributed by atoms with E-state index >= 15 is 0 Å². The second-order valence-electron chi connectivity index (χ2n) is 6.29. The largest absolute Gasteiger partial charge is 0.324 e. The molecule has 3 rings (SSSR count). The molecule has 0 spiro atoms. The topological polar surface area (TPSA) is 91.8 Å². The summed E-state index contributed by atoms with van der Waals surface area (Å²) in [7, 11) is 0. The molecule has 0 radical (unpaired) electrons. The number of nitriles is 1. The third-order valence-corrected chi connectivity index (χ3v) is 4.46. The number of nitrogens with zero attached hydrogens (tertiary/aromatic N) is 2. The van der Waals surface area contributed by atoms with Gasteiger partial charge in [0.1, 0.15) is 6.07 Å². The van der Waals surface area contributed by atoms with Crippen molar-refractivity contribution in [1.82, 2.24) is 4.98 Å². The van der Waals surface area contributed by atoms with Crippen molar-refractivity contribution >= 4 is 11.6 Å². The van der Waals surface area contributed by atoms with Crippen LogP contribution in [0, 0.1) is 17.2 Å². The maximum Gasteiger partial charge on any atom is 0.227 e. The lowest BCUT2D eigenvalue weighted by Gasteiger charge is -2.19. The number of carbonyl (C=O) groups is 1. The Morgan fingerprint density at radius 1 is 1.33 bits per heavy atom. The van der Waals surface area contributed by atoms with Crippen LogP contribution in [0.2, 0.25) is 0 Å². The van der Waals surface area contributed by atoms with E-state index in [9.17, 15) is 4.79 Å². The molecule has 0 fully saturated rings. The fraction of sp³-hybridized carbons (Fsp3) is 0.316. The summed E-state index contributed by atoms with van der Waals surface area (Å²) in [5.41, 5.74) is 9.89. The predicted molar refractivity (Wildman–Crippen MR) is 93.0 cm³/mol. The number of nitrogens with one attached hydrogen (secondary N) is 1. The van der Waals surface area contributed by atoms with E-state index < -0.39 is 0 Å². The zero-order chi connectivity index (χ0) is 17.1. The average Bonchev–Trinajstić information content (AvgIpc) is 2.60. The van der Waals surface area contributed by atoms with E-state index in [-0.39, 0.29) is 17.9 Å². The highest BCUT2D eigenvalue weighted by Crippen LogP contribution is 2.30. The van der Waals surface area contributed by atoms with E-state index in [2.05, 4.69) is 16.4 Å². The van der Waals surface area contributed by atoms with Gasteiger partial charge in [0.25, 0.3) is 0 Å². The number of pyridine rings is 1. The minimum Gasteiger partial charge on any atom is -0.324 e. The Kier molecular flexibility index (Phi) is 4.59. The van der Waals surface area contributed by atoms with E-state index in [1.54, 1.807) is 6.07 Å². The number of anilines is 1. The number of hydrogen-bond donors (Lipinski definition) is 2. The normalized spacial score (nSPS) is 20.8. The molecule has 0 unspecified atom stereocenters. The van der Waals surface area contributed by atoms with Crippen molar-refractivity contribution in [1.29, 1.82) is 5.26 Å². The summed E-state index contributed by atoms with van der Waals surface area (Å²) in [6.07, 6.45) is 4.03. The van der Waals surface area contributed by atoms with E-state index in [0.717, 1.165) is 30.4 Å². The summed E-state index contributed by atoms with van der Waals surface area (Å²) < 4.78 is 0. The highest BCUT2D eigenvalue weighted by atomic mass is 16.1. The van der Waals surface area contributed by atoms with E-state index in [1.165, 1.54) is 6.20 Å². The molecule has 0 aliphatic carbocycles. The summed E-state index contributed by atoms with van der Waals surface area (Å²) in [6.45, 7) is 1.91. The highest BCUT2D eigenvalue weighted by Gasteiger charge is 2.19. The molecule has 2 heterocycles. The Morgan fingerprint density at radius 3 is 2.96 bits per heavy atom. The first-order valence-corrected chi connectivity index (χ1v) is 8.15. The Labute approximate surface area is 141 Å². The first kappa shape index (κ1) is 16.2. The van der Waals surface area contributed by atoms with Crippen LogP contribution in [0.5, 0.6) is 0 Å². The van der Waals surface area contributed by atoms with Crippen molar-refractivity contribution in [2.24, 2.45) is 11.7 Å². The quantitative estimate of drug-likeness (QED) is 0.778. The van der Waals surface area contributed by atoms with Gasteiger partial charge in [-0.15, -0.1) is 0 Å². The number of nitrogens with two attached hydrogens (primary N) is 1. The van der Waals surface area contributed by atoms with Crippen LogP contribution in [-0.2, 0) is 4.79 Å². The summed E-state index contributed by atoms with van der Waals surface area (Å²) in [5, 5.41) is 12.1. The van der Waals surface area contributed by atoms with Crippen LogP contribution in [-0.4, -0.2) is 10.9 Å². The van der Waals surface area contributed by atoms with Crippen molar-refractivity contribution in [2.45, 2.75) is 32.2 Å². The molecule has 2 bridgehead atoms. The van der Waals surface area contributed by atoms with Gasteiger partial charge in [-0.25, -0.2) is 0 Å². The van der Waals surface area contributed by atoms with Crippen LogP contribution >= 0.6 is 0 Å². The first-order chi connectivity index (χ1) is 11.6. The lowest BCUT2D eigenvalue weighted by atomic mass is 9.94. The molecule has 1 aromatic carbocycles. The van der Waals surface area contributed by atoms with Crippen molar-refractivity contribution in [2.75, 3.05) is 5.32 Å². The molecule has 24 heavy (non-hydrogen) atoms. The van der Waals surface area contributed by atoms with Crippen LogP contribution in [0.25, 0.3) is 11.3 Å². The fourth-order valence-corrected chi connectivity index (χ4v) is 2.97. The van der Waals surface area contributed by atoms with Gasteiger partial charge in [-0.1, -0.05) is 31.5 Å². The molecular weight excluding hydrogens is 300 g/mol. The van der Waals surface area contributed by atoms with Gasteiger partial charge < -0.3 is 11.1 Å². The summed E-state index contributed by atoms with van der Waals surface area (Å²) in [6, 6.07) is 11.6. The van der Waals surface area contributed by atoms with Gasteiger partial charge in [0, 0.05) is 23.7 Å². The van der Waals surface area contributed by atoms with Crippen LogP contribution in [0.1, 0.15) is 43.4 Å². The number of aromatic nitrogens is 1. The van der Waals surface area contributed by atoms with Crippen LogP contribution in [0.4, 0.5) is 5.69 Å². The minimum atomic E-state index is -0.117. The van der Waals surface area contributed by atoms with Gasteiger partial charge in [0.15, 0.2) is 0 Å². The number of carbonyl (C=O) groups excluding carboxylic acids is 1. The van der Waals surface area contributed by atoms with Crippen molar-refractivity contribution in [3.8, 4) is 17.3 Å². The standard InChI is InChI=1S/C19H20N4O/c1-12-4-2-7-16(21)14-5-3-6-15(9-14)18-17(23-19(12)24)8-13(10-20)11-22-18/h3,5-6,8-9,11-12,16H,2,4,7,21H2,1H3,(H,23,24)/t12-,16+/m1/s1. The molecule has 122 valence electrons. The molecule has 5 heteroatoms. The van der Waals surface area contributed by atoms with Gasteiger partial charge in [-0.05, 0) is 30.5 Å². The second kappa shape index (κ2) is 6.81. The lowest BCUT2D eigenvalue weighted by Crippen LogP contribution is -2.22. The minimum absolute atomic E-state index is 0.0542. The monoisotopic (exact) mass is 320 g/mol. The van der Waals surface area contributed by atoms with E-state index in [1.807, 2.05) is 31.2 Å². The maximum absolute atomic E-state index is 12.4. The number of amides is 1. The van der Waals surface area contributed by atoms with Gasteiger partial charge in [-0.3, -0.25) is 9.78 Å². The van der Waals surface area contributed by atoms with Crippen LogP contribution in [0.3, 0.4) is 0 Å². The second-order valence-corrected chi connectivity index (χ2v) is 6.29. The number of fused-ring (bicyclic) bond motifs is 4. The van der Waals surface area contributed by atoms with Crippen molar-refractivity contribution in [3.63, 3.8) is 0 Å². The average molecular weight is 320 g/mol. The highest BCUT2D eigenvalue weighted by molar-refractivity contribution is 5.96. The van der Waals surface area contributed by atoms with Crippen LogP contribution in [0.15, 0.2) is 36.5 Å². The molecule has 2 aromatic rings. The molecule has 1 aromatic heterocycles. The number of rotatable bonds is 0. The van der Waals surface area contributed by atoms with E-state index in [0.29, 0.717) is 16.9 Å². The molecule has 5 nitrogen and oxygen atoms in total. The first-order valence-electron chi connectivity index (χ1n) is 8.15. The summed E-state index contributed by atoms with van der Waals surface area (Å²) in [4.78, 5) is 16.8. The molecule has 3 N–H and O–H groups in total. The molecule has 2 atom stereocenters. The zero-order valence-corrected chi connectivity index (χ0v) is 13.6. The zero-order valence-electron chi connectivity index (χ0n) is 13.6. The molecule has 0 saturated heterocycles. The molecule has 1 aliphatic rings. The van der Waals surface area contributed by atoms with Gasteiger partial charge >= 0.3 is 0 Å². The molecule has 1 amide bonds. The van der Waals surface area contributed by atoms with E-state index in [4.69, 9.17) is 11.0 Å².